The zero-order valence-electron chi connectivity index (χ0n) is 12.0. The molecule has 1 fully saturated rings. The van der Waals surface area contributed by atoms with Gasteiger partial charge in [0.05, 0.1) is 19.8 Å². The van der Waals surface area contributed by atoms with E-state index in [1.54, 1.807) is 19.2 Å². The Kier molecular flexibility index (Phi) is 5.41. The second kappa shape index (κ2) is 7.28. The van der Waals surface area contributed by atoms with Gasteiger partial charge < -0.3 is 10.1 Å². The molecule has 1 unspecified atom stereocenters. The summed E-state index contributed by atoms with van der Waals surface area (Å²) in [6.45, 7) is 1.55. The van der Waals surface area contributed by atoms with Crippen LogP contribution in [0.4, 0.5) is 4.39 Å². The number of hydrogen-bond acceptors (Lipinski definition) is 4. The molecule has 1 heterocycles. The Hall–Kier alpha value is -1.79. The van der Waals surface area contributed by atoms with Crippen molar-refractivity contribution in [1.82, 2.24) is 10.2 Å². The van der Waals surface area contributed by atoms with Crippen LogP contribution < -0.4 is 5.32 Å². The summed E-state index contributed by atoms with van der Waals surface area (Å²) >= 11 is 0. The van der Waals surface area contributed by atoms with Crippen LogP contribution in [-0.2, 0) is 20.7 Å². The van der Waals surface area contributed by atoms with Gasteiger partial charge in [0, 0.05) is 20.0 Å². The molecule has 1 atom stereocenters. The molecule has 0 radical (unpaired) electrons. The molecular formula is C15H19FN2O3. The quantitative estimate of drug-likeness (QED) is 0.853. The molecule has 0 spiro atoms. The Morgan fingerprint density at radius 3 is 2.76 bits per heavy atom. The third kappa shape index (κ3) is 4.34. The molecule has 1 amide bonds. The number of Topliss-reactive ketones (excluding diaryl/α,β-unsaturated/α-hetero) is 1. The zero-order valence-corrected chi connectivity index (χ0v) is 12.0. The second-order valence-electron chi connectivity index (χ2n) is 5.02. The van der Waals surface area contributed by atoms with Crippen molar-refractivity contribution < 1.29 is 18.7 Å². The van der Waals surface area contributed by atoms with Crippen LogP contribution in [0.5, 0.6) is 0 Å². The number of ketones is 1. The van der Waals surface area contributed by atoms with Crippen LogP contribution in [0.2, 0.25) is 0 Å². The van der Waals surface area contributed by atoms with Crippen LogP contribution in [0, 0.1) is 5.82 Å². The number of carbonyl (C=O) groups is 2. The highest BCUT2D eigenvalue weighted by Crippen LogP contribution is 2.09. The largest absolute Gasteiger partial charge is 0.378 e. The number of morpholine rings is 1. The zero-order chi connectivity index (χ0) is 15.2. The Bertz CT molecular complexity index is 504. The third-order valence-corrected chi connectivity index (χ3v) is 3.48. The van der Waals surface area contributed by atoms with Gasteiger partial charge in [-0.25, -0.2) is 4.39 Å². The predicted octanol–water partition coefficient (Wildman–Crippen LogP) is 0.384. The van der Waals surface area contributed by atoms with E-state index in [-0.39, 0.29) is 30.5 Å². The van der Waals surface area contributed by atoms with Gasteiger partial charge in [-0.05, 0) is 17.7 Å². The minimum absolute atomic E-state index is 0.00240. The van der Waals surface area contributed by atoms with Crippen molar-refractivity contribution in [3.63, 3.8) is 0 Å². The van der Waals surface area contributed by atoms with Crippen LogP contribution in [0.25, 0.3) is 0 Å². The summed E-state index contributed by atoms with van der Waals surface area (Å²) in [5.41, 5.74) is 0.770. The molecule has 1 aliphatic heterocycles. The lowest BCUT2D eigenvalue weighted by Crippen LogP contribution is -2.54. The fourth-order valence-corrected chi connectivity index (χ4v) is 2.35. The number of ether oxygens (including phenoxy) is 1. The van der Waals surface area contributed by atoms with E-state index in [9.17, 15) is 14.0 Å². The predicted molar refractivity (Wildman–Crippen MR) is 75.4 cm³/mol. The van der Waals surface area contributed by atoms with Crippen LogP contribution in [0.15, 0.2) is 24.3 Å². The van der Waals surface area contributed by atoms with Crippen LogP contribution in [0.3, 0.4) is 0 Å². The Labute approximate surface area is 123 Å². The molecule has 1 aliphatic rings. The summed E-state index contributed by atoms with van der Waals surface area (Å²) in [7, 11) is 1.56. The highest BCUT2D eigenvalue weighted by molar-refractivity contribution is 5.85. The van der Waals surface area contributed by atoms with E-state index in [1.165, 1.54) is 12.1 Å². The molecule has 1 saturated heterocycles. The highest BCUT2D eigenvalue weighted by atomic mass is 19.1. The summed E-state index contributed by atoms with van der Waals surface area (Å²) in [6.07, 6.45) is 0.234. The van der Waals surface area contributed by atoms with Gasteiger partial charge in [-0.3, -0.25) is 14.5 Å². The fourth-order valence-electron chi connectivity index (χ4n) is 2.35. The van der Waals surface area contributed by atoms with Crippen molar-refractivity contribution in [2.75, 3.05) is 33.4 Å². The number of carbonyl (C=O) groups excluding carboxylic acids is 2. The minimum Gasteiger partial charge on any atom is -0.378 e. The van der Waals surface area contributed by atoms with Gasteiger partial charge in [-0.1, -0.05) is 12.1 Å². The maximum atomic E-state index is 12.8. The molecular weight excluding hydrogens is 275 g/mol. The summed E-state index contributed by atoms with van der Waals surface area (Å²) in [4.78, 5) is 25.7. The van der Waals surface area contributed by atoms with Crippen molar-refractivity contribution in [2.45, 2.75) is 12.5 Å². The van der Waals surface area contributed by atoms with Crippen LogP contribution in [-0.4, -0.2) is 56.0 Å². The van der Waals surface area contributed by atoms with E-state index in [1.807, 2.05) is 4.90 Å². The van der Waals surface area contributed by atoms with Gasteiger partial charge >= 0.3 is 0 Å². The lowest BCUT2D eigenvalue weighted by molar-refractivity contribution is -0.134. The van der Waals surface area contributed by atoms with E-state index < -0.39 is 6.04 Å². The molecule has 1 aromatic rings. The monoisotopic (exact) mass is 294 g/mol. The van der Waals surface area contributed by atoms with Crippen LogP contribution >= 0.6 is 0 Å². The molecule has 1 aromatic carbocycles. The first-order chi connectivity index (χ1) is 10.1. The van der Waals surface area contributed by atoms with Crippen molar-refractivity contribution in [1.29, 1.82) is 0 Å². The molecule has 0 aromatic heterocycles. The molecule has 1 N–H and O–H groups in total. The van der Waals surface area contributed by atoms with Crippen molar-refractivity contribution in [3.8, 4) is 0 Å². The number of rotatable bonds is 5. The van der Waals surface area contributed by atoms with E-state index in [2.05, 4.69) is 5.32 Å². The van der Waals surface area contributed by atoms with Gasteiger partial charge in [0.15, 0.2) is 5.78 Å². The first kappa shape index (κ1) is 15.6. The van der Waals surface area contributed by atoms with E-state index in [4.69, 9.17) is 4.74 Å². The van der Waals surface area contributed by atoms with E-state index in [0.29, 0.717) is 19.8 Å². The summed E-state index contributed by atoms with van der Waals surface area (Å²) < 4.78 is 18.1. The average molecular weight is 294 g/mol. The topological polar surface area (TPSA) is 58.6 Å². The standard InChI is InChI=1S/C15H19FN2O3/c1-17-15(20)14-10-21-7-6-18(14)9-13(19)8-11-2-4-12(16)5-3-11/h2-5,14H,6-10H2,1H3,(H,17,20). The van der Waals surface area contributed by atoms with Gasteiger partial charge in [-0.15, -0.1) is 0 Å². The van der Waals surface area contributed by atoms with Gasteiger partial charge in [0.2, 0.25) is 5.91 Å². The fraction of sp³-hybridized carbons (Fsp3) is 0.467. The van der Waals surface area contributed by atoms with Crippen molar-refractivity contribution in [2.24, 2.45) is 0 Å². The second-order valence-corrected chi connectivity index (χ2v) is 5.02. The summed E-state index contributed by atoms with van der Waals surface area (Å²) in [5, 5.41) is 2.58. The number of benzene rings is 1. The lowest BCUT2D eigenvalue weighted by atomic mass is 10.1. The lowest BCUT2D eigenvalue weighted by Gasteiger charge is -2.33. The Morgan fingerprint density at radius 1 is 1.38 bits per heavy atom. The molecule has 0 bridgehead atoms. The summed E-state index contributed by atoms with van der Waals surface area (Å²) in [6, 6.07) is 5.45. The normalized spacial score (nSPS) is 19.2. The van der Waals surface area contributed by atoms with Crippen molar-refractivity contribution >= 4 is 11.7 Å². The maximum absolute atomic E-state index is 12.8. The van der Waals surface area contributed by atoms with Crippen LogP contribution in [0.1, 0.15) is 5.56 Å². The molecule has 6 heteroatoms. The number of nitrogens with one attached hydrogen (secondary N) is 1. The molecule has 114 valence electrons. The molecule has 2 rings (SSSR count). The number of hydrogen-bond donors (Lipinski definition) is 1. The van der Waals surface area contributed by atoms with E-state index in [0.717, 1.165) is 5.56 Å². The first-order valence-electron chi connectivity index (χ1n) is 6.89. The Balaban J connectivity index is 1.93. The third-order valence-electron chi connectivity index (χ3n) is 3.48. The molecule has 0 saturated carbocycles. The maximum Gasteiger partial charge on any atom is 0.239 e. The molecule has 5 nitrogen and oxygen atoms in total. The minimum atomic E-state index is -0.430. The summed E-state index contributed by atoms with van der Waals surface area (Å²) in [5.74, 6) is -0.472. The molecule has 0 aliphatic carbocycles. The number of halogens is 1. The number of amides is 1. The Morgan fingerprint density at radius 2 is 2.10 bits per heavy atom. The highest BCUT2D eigenvalue weighted by Gasteiger charge is 2.29. The van der Waals surface area contributed by atoms with Crippen molar-refractivity contribution in [3.05, 3.63) is 35.6 Å². The average Bonchev–Trinajstić information content (AvgIpc) is 2.49. The van der Waals surface area contributed by atoms with Gasteiger partial charge in [0.1, 0.15) is 11.9 Å². The van der Waals surface area contributed by atoms with E-state index >= 15 is 0 Å². The first-order valence-corrected chi connectivity index (χ1v) is 6.89. The SMILES string of the molecule is CNC(=O)C1COCCN1CC(=O)Cc1ccc(F)cc1. The number of likely N-dealkylation sites (N-methyl/N-ethyl adjacent to an activating group) is 1. The molecule has 21 heavy (non-hydrogen) atoms. The smallest absolute Gasteiger partial charge is 0.239 e. The number of nitrogens with zero attached hydrogens (tertiary/aromatic N) is 1. The van der Waals surface area contributed by atoms with Gasteiger partial charge in [0.25, 0.3) is 0 Å². The van der Waals surface area contributed by atoms with Gasteiger partial charge in [-0.2, -0.15) is 0 Å².